The Morgan fingerprint density at radius 3 is 2.35 bits per heavy atom. The molecule has 20 heavy (non-hydrogen) atoms. The maximum Gasteiger partial charge on any atom is 0.338 e. The summed E-state index contributed by atoms with van der Waals surface area (Å²) in [6.07, 6.45) is 3.21. The van der Waals surface area contributed by atoms with Gasteiger partial charge in [-0.2, -0.15) is 0 Å². The molecular weight excluding hydrogens is 252 g/mol. The molecule has 0 aromatic heterocycles. The average molecular weight is 278 g/mol. The number of benzene rings is 1. The molecule has 0 amide bonds. The number of esters is 1. The smallest absolute Gasteiger partial charge is 0.338 e. The van der Waals surface area contributed by atoms with E-state index in [-0.39, 0.29) is 18.0 Å². The van der Waals surface area contributed by atoms with E-state index in [0.717, 1.165) is 6.42 Å². The highest BCUT2D eigenvalue weighted by atomic mass is 16.6. The molecule has 1 aromatic rings. The van der Waals surface area contributed by atoms with Crippen molar-refractivity contribution in [3.8, 4) is 0 Å². The summed E-state index contributed by atoms with van der Waals surface area (Å²) in [6.45, 7) is 6.64. The van der Waals surface area contributed by atoms with E-state index in [9.17, 15) is 4.79 Å². The zero-order valence-electron chi connectivity index (χ0n) is 13.0. The molecule has 0 spiro atoms. The van der Waals surface area contributed by atoms with Gasteiger partial charge in [-0.15, -0.1) is 0 Å². The van der Waals surface area contributed by atoms with Crippen molar-refractivity contribution < 1.29 is 14.3 Å². The number of methoxy groups -OCH3 is 1. The zero-order valence-corrected chi connectivity index (χ0v) is 13.0. The van der Waals surface area contributed by atoms with Gasteiger partial charge >= 0.3 is 5.97 Å². The molecule has 0 N–H and O–H groups in total. The van der Waals surface area contributed by atoms with E-state index in [1.807, 2.05) is 38.1 Å². The van der Waals surface area contributed by atoms with Crippen LogP contribution in [0, 0.1) is 5.92 Å². The fourth-order valence-corrected chi connectivity index (χ4v) is 1.92. The van der Waals surface area contributed by atoms with Gasteiger partial charge in [-0.25, -0.2) is 4.79 Å². The predicted molar refractivity (Wildman–Crippen MR) is 81.0 cm³/mol. The predicted octanol–water partition coefficient (Wildman–Crippen LogP) is 3.86. The Bertz CT molecular complexity index is 395. The highest BCUT2D eigenvalue weighted by Gasteiger charge is 2.19. The van der Waals surface area contributed by atoms with E-state index in [1.54, 1.807) is 7.11 Å². The van der Waals surface area contributed by atoms with Gasteiger partial charge in [0.25, 0.3) is 0 Å². The van der Waals surface area contributed by atoms with Crippen molar-refractivity contribution in [2.75, 3.05) is 13.7 Å². The van der Waals surface area contributed by atoms with Crippen LogP contribution in [0.4, 0.5) is 0 Å². The van der Waals surface area contributed by atoms with Crippen molar-refractivity contribution >= 4 is 5.97 Å². The number of carbonyl (C=O) groups excluding carboxylic acids is 1. The minimum absolute atomic E-state index is 0.202. The molecule has 0 heterocycles. The molecule has 0 aliphatic heterocycles. The number of carbonyl (C=O) groups is 1. The maximum atomic E-state index is 12.1. The van der Waals surface area contributed by atoms with Crippen LogP contribution in [-0.2, 0) is 15.9 Å². The first-order valence-corrected chi connectivity index (χ1v) is 7.37. The molecule has 0 bridgehead atoms. The monoisotopic (exact) mass is 278 g/mol. The number of hydrogen-bond acceptors (Lipinski definition) is 3. The molecule has 1 rings (SSSR count). The lowest BCUT2D eigenvalue weighted by molar-refractivity contribution is -0.0102. The van der Waals surface area contributed by atoms with Crippen molar-refractivity contribution in [2.45, 2.75) is 46.1 Å². The second kappa shape index (κ2) is 8.75. The number of ether oxygens (including phenoxy) is 2. The van der Waals surface area contributed by atoms with Gasteiger partial charge in [-0.05, 0) is 36.5 Å². The molecule has 1 atom stereocenters. The van der Waals surface area contributed by atoms with Gasteiger partial charge in [0.1, 0.15) is 6.10 Å². The molecule has 3 heteroatoms. The molecule has 1 aromatic carbocycles. The lowest BCUT2D eigenvalue weighted by Crippen LogP contribution is -2.28. The van der Waals surface area contributed by atoms with Crippen LogP contribution in [0.1, 0.15) is 49.5 Å². The lowest BCUT2D eigenvalue weighted by Gasteiger charge is -2.20. The van der Waals surface area contributed by atoms with Gasteiger partial charge in [-0.1, -0.05) is 39.3 Å². The van der Waals surface area contributed by atoms with Gasteiger partial charge < -0.3 is 9.47 Å². The molecule has 112 valence electrons. The Morgan fingerprint density at radius 2 is 1.85 bits per heavy atom. The standard InChI is InChI=1S/C17H26O3/c1-5-6-7-14-8-10-15(11-9-14)17(18)20-16(12-19-4)13(2)3/h8-11,13,16H,5-7,12H2,1-4H3. The number of aryl methyl sites for hydroxylation is 1. The summed E-state index contributed by atoms with van der Waals surface area (Å²) >= 11 is 0. The maximum absolute atomic E-state index is 12.1. The van der Waals surface area contributed by atoms with Crippen LogP contribution in [0.3, 0.4) is 0 Å². The van der Waals surface area contributed by atoms with Gasteiger partial charge in [0.2, 0.25) is 0 Å². The van der Waals surface area contributed by atoms with Crippen molar-refractivity contribution in [3.05, 3.63) is 35.4 Å². The molecule has 0 aliphatic rings. The quantitative estimate of drug-likeness (QED) is 0.677. The number of unbranched alkanes of at least 4 members (excludes halogenated alkanes) is 1. The fourth-order valence-electron chi connectivity index (χ4n) is 1.92. The van der Waals surface area contributed by atoms with E-state index < -0.39 is 0 Å². The lowest BCUT2D eigenvalue weighted by atomic mass is 10.1. The van der Waals surface area contributed by atoms with Gasteiger partial charge in [0.05, 0.1) is 12.2 Å². The van der Waals surface area contributed by atoms with Crippen LogP contribution in [-0.4, -0.2) is 25.8 Å². The SMILES string of the molecule is CCCCc1ccc(C(=O)OC(COC)C(C)C)cc1. The summed E-state index contributed by atoms with van der Waals surface area (Å²) < 4.78 is 10.6. The average Bonchev–Trinajstić information content (AvgIpc) is 2.45. The summed E-state index contributed by atoms with van der Waals surface area (Å²) in [5, 5.41) is 0. The fraction of sp³-hybridized carbons (Fsp3) is 0.588. The van der Waals surface area contributed by atoms with Crippen LogP contribution in [0.2, 0.25) is 0 Å². The van der Waals surface area contributed by atoms with Crippen LogP contribution in [0.25, 0.3) is 0 Å². The van der Waals surface area contributed by atoms with Crippen LogP contribution < -0.4 is 0 Å². The van der Waals surface area contributed by atoms with E-state index in [0.29, 0.717) is 12.2 Å². The van der Waals surface area contributed by atoms with Crippen LogP contribution in [0.5, 0.6) is 0 Å². The third kappa shape index (κ3) is 5.33. The Morgan fingerprint density at radius 1 is 1.20 bits per heavy atom. The third-order valence-electron chi connectivity index (χ3n) is 3.34. The first-order chi connectivity index (χ1) is 9.58. The Kier molecular flexibility index (Phi) is 7.31. The molecule has 1 unspecified atom stereocenters. The molecule has 0 saturated heterocycles. The zero-order chi connectivity index (χ0) is 15.0. The highest BCUT2D eigenvalue weighted by molar-refractivity contribution is 5.89. The first-order valence-electron chi connectivity index (χ1n) is 7.37. The summed E-state index contributed by atoms with van der Waals surface area (Å²) in [5.74, 6) is -0.0366. The Hall–Kier alpha value is -1.35. The van der Waals surface area contributed by atoms with E-state index in [2.05, 4.69) is 6.92 Å². The van der Waals surface area contributed by atoms with Gasteiger partial charge in [-0.3, -0.25) is 0 Å². The topological polar surface area (TPSA) is 35.5 Å². The minimum atomic E-state index is -0.275. The molecule has 0 aliphatic carbocycles. The minimum Gasteiger partial charge on any atom is -0.456 e. The Labute approximate surface area is 122 Å². The molecular formula is C17H26O3. The summed E-state index contributed by atoms with van der Waals surface area (Å²) in [7, 11) is 1.62. The molecule has 3 nitrogen and oxygen atoms in total. The van der Waals surface area contributed by atoms with E-state index >= 15 is 0 Å². The van der Waals surface area contributed by atoms with Crippen LogP contribution >= 0.6 is 0 Å². The molecule has 0 radical (unpaired) electrons. The second-order valence-electron chi connectivity index (χ2n) is 5.44. The summed E-state index contributed by atoms with van der Waals surface area (Å²) in [5.41, 5.74) is 1.87. The van der Waals surface area contributed by atoms with Crippen molar-refractivity contribution in [1.29, 1.82) is 0 Å². The number of rotatable bonds is 8. The second-order valence-corrected chi connectivity index (χ2v) is 5.44. The third-order valence-corrected chi connectivity index (χ3v) is 3.34. The normalized spacial score (nSPS) is 12.4. The first kappa shape index (κ1) is 16.7. The Balaban J connectivity index is 2.62. The molecule has 0 fully saturated rings. The number of hydrogen-bond donors (Lipinski definition) is 0. The van der Waals surface area contributed by atoms with Crippen molar-refractivity contribution in [1.82, 2.24) is 0 Å². The largest absolute Gasteiger partial charge is 0.456 e. The van der Waals surface area contributed by atoms with Crippen molar-refractivity contribution in [2.24, 2.45) is 5.92 Å². The van der Waals surface area contributed by atoms with E-state index in [4.69, 9.17) is 9.47 Å². The summed E-state index contributed by atoms with van der Waals surface area (Å²) in [4.78, 5) is 12.1. The van der Waals surface area contributed by atoms with Crippen molar-refractivity contribution in [3.63, 3.8) is 0 Å². The van der Waals surface area contributed by atoms with E-state index in [1.165, 1.54) is 18.4 Å². The van der Waals surface area contributed by atoms with Gasteiger partial charge in [0, 0.05) is 7.11 Å². The summed E-state index contributed by atoms with van der Waals surface area (Å²) in [6, 6.07) is 7.70. The van der Waals surface area contributed by atoms with Gasteiger partial charge in [0.15, 0.2) is 0 Å². The highest BCUT2D eigenvalue weighted by Crippen LogP contribution is 2.13. The molecule has 0 saturated carbocycles. The van der Waals surface area contributed by atoms with Crippen LogP contribution in [0.15, 0.2) is 24.3 Å².